The topological polar surface area (TPSA) is 55.0 Å². The molecule has 1 heterocycles. The summed E-state index contributed by atoms with van der Waals surface area (Å²) in [5.74, 6) is 0.742. The van der Waals surface area contributed by atoms with E-state index in [9.17, 15) is 0 Å². The van der Waals surface area contributed by atoms with Crippen LogP contribution in [0.5, 0.6) is 0 Å². The van der Waals surface area contributed by atoms with Gasteiger partial charge in [0.15, 0.2) is 11.0 Å². The smallest absolute Gasteiger partial charge is 0.157 e. The van der Waals surface area contributed by atoms with Crippen LogP contribution in [0.15, 0.2) is 6.33 Å². The lowest BCUT2D eigenvalue weighted by atomic mass is 10.3. The number of aromatic nitrogens is 2. The number of rotatable bonds is 5. The van der Waals surface area contributed by atoms with Gasteiger partial charge in [-0.15, -0.1) is 0 Å². The molecule has 0 saturated carbocycles. The lowest BCUT2D eigenvalue weighted by Crippen LogP contribution is -2.26. The van der Waals surface area contributed by atoms with E-state index >= 15 is 0 Å². The van der Waals surface area contributed by atoms with Crippen LogP contribution in [0.3, 0.4) is 0 Å². The number of nitrogen functional groups attached to an aromatic ring is 1. The highest BCUT2D eigenvalue weighted by Crippen LogP contribution is 2.25. The minimum atomic E-state index is 0.329. The highest BCUT2D eigenvalue weighted by Gasteiger charge is 2.11. The Morgan fingerprint density at radius 3 is 2.73 bits per heavy atom. The van der Waals surface area contributed by atoms with E-state index in [2.05, 4.69) is 28.7 Å². The largest absolute Gasteiger partial charge is 0.393 e. The molecule has 0 aliphatic rings. The van der Waals surface area contributed by atoms with Crippen molar-refractivity contribution in [2.45, 2.75) is 26.7 Å². The van der Waals surface area contributed by atoms with Crippen LogP contribution >= 0.6 is 11.6 Å². The minimum absolute atomic E-state index is 0.329. The fourth-order valence-electron chi connectivity index (χ4n) is 1.38. The van der Waals surface area contributed by atoms with E-state index < -0.39 is 0 Å². The molecule has 0 aliphatic heterocycles. The predicted molar refractivity (Wildman–Crippen MR) is 64.2 cm³/mol. The minimum Gasteiger partial charge on any atom is -0.393 e. The average molecular weight is 229 g/mol. The van der Waals surface area contributed by atoms with Gasteiger partial charge in [0.25, 0.3) is 0 Å². The van der Waals surface area contributed by atoms with E-state index in [1.807, 2.05) is 0 Å². The lowest BCUT2D eigenvalue weighted by Gasteiger charge is -2.22. The van der Waals surface area contributed by atoms with E-state index in [4.69, 9.17) is 17.3 Å². The van der Waals surface area contributed by atoms with E-state index in [-0.39, 0.29) is 0 Å². The lowest BCUT2D eigenvalue weighted by molar-refractivity contribution is 0.724. The molecule has 0 radical (unpaired) electrons. The molecule has 5 heteroatoms. The fourth-order valence-corrected chi connectivity index (χ4v) is 1.51. The Morgan fingerprint density at radius 1 is 1.40 bits per heavy atom. The maximum Gasteiger partial charge on any atom is 0.157 e. The molecular weight excluding hydrogens is 212 g/mol. The SMILES string of the molecule is CCCCN(CC)c1ncnc(Cl)c1N. The molecule has 0 fully saturated rings. The maximum absolute atomic E-state index is 5.85. The molecule has 15 heavy (non-hydrogen) atoms. The van der Waals surface area contributed by atoms with Crippen molar-refractivity contribution in [3.63, 3.8) is 0 Å². The van der Waals surface area contributed by atoms with Crippen molar-refractivity contribution >= 4 is 23.1 Å². The number of nitrogens with two attached hydrogens (primary N) is 1. The summed E-state index contributed by atoms with van der Waals surface area (Å²) >= 11 is 5.85. The molecule has 2 N–H and O–H groups in total. The van der Waals surface area contributed by atoms with Crippen molar-refractivity contribution in [2.24, 2.45) is 0 Å². The van der Waals surface area contributed by atoms with Crippen molar-refractivity contribution < 1.29 is 0 Å². The van der Waals surface area contributed by atoms with Gasteiger partial charge >= 0.3 is 0 Å². The van der Waals surface area contributed by atoms with Crippen LogP contribution in [0.1, 0.15) is 26.7 Å². The van der Waals surface area contributed by atoms with Crippen molar-refractivity contribution in [1.29, 1.82) is 0 Å². The van der Waals surface area contributed by atoms with Crippen LogP contribution in [0, 0.1) is 0 Å². The zero-order chi connectivity index (χ0) is 11.3. The first kappa shape index (κ1) is 12.0. The quantitative estimate of drug-likeness (QED) is 0.786. The molecule has 0 amide bonds. The first-order valence-corrected chi connectivity index (χ1v) is 5.59. The zero-order valence-electron chi connectivity index (χ0n) is 9.20. The van der Waals surface area contributed by atoms with Crippen molar-refractivity contribution in [1.82, 2.24) is 9.97 Å². The van der Waals surface area contributed by atoms with Crippen molar-refractivity contribution in [3.05, 3.63) is 11.5 Å². The van der Waals surface area contributed by atoms with E-state index in [0.29, 0.717) is 10.8 Å². The van der Waals surface area contributed by atoms with Crippen LogP contribution in [-0.4, -0.2) is 23.1 Å². The van der Waals surface area contributed by atoms with Gasteiger partial charge in [0, 0.05) is 13.1 Å². The van der Waals surface area contributed by atoms with Gasteiger partial charge in [0.2, 0.25) is 0 Å². The first-order chi connectivity index (χ1) is 7.20. The number of halogens is 1. The summed E-state index contributed by atoms with van der Waals surface area (Å²) in [4.78, 5) is 10.1. The van der Waals surface area contributed by atoms with Gasteiger partial charge in [0.05, 0.1) is 0 Å². The molecule has 1 rings (SSSR count). The van der Waals surface area contributed by atoms with Crippen molar-refractivity contribution in [3.8, 4) is 0 Å². The summed E-state index contributed by atoms with van der Waals surface area (Å²) in [7, 11) is 0. The van der Waals surface area contributed by atoms with Crippen molar-refractivity contribution in [2.75, 3.05) is 23.7 Å². The van der Waals surface area contributed by atoms with Crippen LogP contribution in [-0.2, 0) is 0 Å². The number of hydrogen-bond acceptors (Lipinski definition) is 4. The van der Waals surface area contributed by atoms with Gasteiger partial charge in [-0.1, -0.05) is 24.9 Å². The summed E-state index contributed by atoms with van der Waals surface area (Å²) in [6, 6.07) is 0. The first-order valence-electron chi connectivity index (χ1n) is 5.21. The second-order valence-electron chi connectivity index (χ2n) is 3.33. The number of nitrogens with zero attached hydrogens (tertiary/aromatic N) is 3. The summed E-state index contributed by atoms with van der Waals surface area (Å²) in [6.07, 6.45) is 3.72. The van der Waals surface area contributed by atoms with Gasteiger partial charge in [0.1, 0.15) is 12.0 Å². The van der Waals surface area contributed by atoms with E-state index in [1.54, 1.807) is 0 Å². The standard InChI is InChI=1S/C10H17ClN4/c1-3-5-6-15(4-2)10-8(12)9(11)13-7-14-10/h7H,3-6,12H2,1-2H3. The van der Waals surface area contributed by atoms with E-state index in [1.165, 1.54) is 6.33 Å². The molecule has 0 atom stereocenters. The Morgan fingerprint density at radius 2 is 2.13 bits per heavy atom. The molecule has 0 saturated heterocycles. The fraction of sp³-hybridized carbons (Fsp3) is 0.600. The summed E-state index contributed by atoms with van der Waals surface area (Å²) in [6.45, 7) is 6.05. The molecule has 0 bridgehead atoms. The monoisotopic (exact) mass is 228 g/mol. The summed E-state index contributed by atoms with van der Waals surface area (Å²) < 4.78 is 0. The molecule has 0 aromatic carbocycles. The molecule has 84 valence electrons. The number of hydrogen-bond donors (Lipinski definition) is 1. The van der Waals surface area contributed by atoms with Gasteiger partial charge in [-0.3, -0.25) is 0 Å². The maximum atomic E-state index is 5.85. The second-order valence-corrected chi connectivity index (χ2v) is 3.69. The molecule has 4 nitrogen and oxygen atoms in total. The Balaban J connectivity index is 2.86. The predicted octanol–water partition coefficient (Wildman–Crippen LogP) is 2.34. The van der Waals surface area contributed by atoms with Gasteiger partial charge < -0.3 is 10.6 Å². The molecule has 1 aromatic rings. The number of unbranched alkanes of at least 4 members (excludes halogenated alkanes) is 1. The summed E-state index contributed by atoms with van der Waals surface area (Å²) in [5.41, 5.74) is 6.30. The van der Waals surface area contributed by atoms with Crippen LogP contribution < -0.4 is 10.6 Å². The average Bonchev–Trinajstić information content (AvgIpc) is 2.25. The van der Waals surface area contributed by atoms with Crippen LogP contribution in [0.4, 0.5) is 11.5 Å². The Labute approximate surface area is 95.5 Å². The van der Waals surface area contributed by atoms with Gasteiger partial charge in [-0.25, -0.2) is 9.97 Å². The van der Waals surface area contributed by atoms with Crippen LogP contribution in [0.2, 0.25) is 5.15 Å². The third-order valence-corrected chi connectivity index (χ3v) is 2.58. The Bertz CT molecular complexity index is 316. The highest BCUT2D eigenvalue weighted by atomic mass is 35.5. The van der Waals surface area contributed by atoms with Gasteiger partial charge in [-0.05, 0) is 13.3 Å². The summed E-state index contributed by atoms with van der Waals surface area (Å²) in [5, 5.41) is 0.329. The Hall–Kier alpha value is -1.03. The van der Waals surface area contributed by atoms with Gasteiger partial charge in [-0.2, -0.15) is 0 Å². The normalized spacial score (nSPS) is 10.3. The molecule has 0 unspecified atom stereocenters. The molecule has 0 aliphatic carbocycles. The van der Waals surface area contributed by atoms with Crippen LogP contribution in [0.25, 0.3) is 0 Å². The molecule has 1 aromatic heterocycles. The Kier molecular flexibility index (Phi) is 4.62. The molecule has 0 spiro atoms. The number of anilines is 2. The van der Waals surface area contributed by atoms with E-state index in [0.717, 1.165) is 31.7 Å². The third-order valence-electron chi connectivity index (χ3n) is 2.28. The zero-order valence-corrected chi connectivity index (χ0v) is 9.96. The molecular formula is C10H17ClN4. The third kappa shape index (κ3) is 2.96. The second kappa shape index (κ2) is 5.75. The highest BCUT2D eigenvalue weighted by molar-refractivity contribution is 6.32.